The minimum absolute atomic E-state index is 0.0389. The number of phenols is 3. The lowest BCUT2D eigenvalue weighted by Gasteiger charge is -2.04. The van der Waals surface area contributed by atoms with Gasteiger partial charge < -0.3 is 25.5 Å². The largest absolute Gasteiger partial charge is 0.508 e. The Bertz CT molecular complexity index is 484. The minimum atomic E-state index is -0.316. The second-order valence-electron chi connectivity index (χ2n) is 2.92. The molecule has 0 saturated heterocycles. The van der Waals surface area contributed by atoms with E-state index in [4.69, 9.17) is 15.3 Å². The molecule has 15 heavy (non-hydrogen) atoms. The van der Waals surface area contributed by atoms with Crippen LogP contribution in [0.4, 0.5) is 6.01 Å². The lowest BCUT2D eigenvalue weighted by molar-refractivity contribution is 0.428. The van der Waals surface area contributed by atoms with Crippen molar-refractivity contribution in [2.75, 3.05) is 5.73 Å². The lowest BCUT2D eigenvalue weighted by atomic mass is 10.1. The molecule has 0 spiro atoms. The number of oxazole rings is 1. The lowest BCUT2D eigenvalue weighted by Crippen LogP contribution is -1.80. The summed E-state index contributed by atoms with van der Waals surface area (Å²) < 4.78 is 4.94. The third kappa shape index (κ3) is 1.52. The molecule has 6 nitrogen and oxygen atoms in total. The Morgan fingerprint density at radius 2 is 1.73 bits per heavy atom. The van der Waals surface area contributed by atoms with Crippen molar-refractivity contribution >= 4 is 6.01 Å². The zero-order chi connectivity index (χ0) is 11.0. The van der Waals surface area contributed by atoms with Gasteiger partial charge in [-0.25, -0.2) is 4.98 Å². The van der Waals surface area contributed by atoms with E-state index in [1.807, 2.05) is 0 Å². The van der Waals surface area contributed by atoms with E-state index in [1.165, 1.54) is 6.20 Å². The summed E-state index contributed by atoms with van der Waals surface area (Å²) in [5, 5.41) is 28.1. The normalized spacial score (nSPS) is 10.4. The van der Waals surface area contributed by atoms with Gasteiger partial charge in [0, 0.05) is 12.1 Å². The summed E-state index contributed by atoms with van der Waals surface area (Å²) in [7, 11) is 0. The van der Waals surface area contributed by atoms with E-state index in [0.717, 1.165) is 12.1 Å². The number of nitrogens with zero attached hydrogens (tertiary/aromatic N) is 1. The highest BCUT2D eigenvalue weighted by molar-refractivity contribution is 5.73. The van der Waals surface area contributed by atoms with Crippen LogP contribution in [0.15, 0.2) is 22.7 Å². The van der Waals surface area contributed by atoms with E-state index < -0.39 is 0 Å². The van der Waals surface area contributed by atoms with Crippen LogP contribution in [-0.4, -0.2) is 20.3 Å². The molecular weight excluding hydrogens is 200 g/mol. The van der Waals surface area contributed by atoms with Crippen LogP contribution in [0.2, 0.25) is 0 Å². The summed E-state index contributed by atoms with van der Waals surface area (Å²) in [4.78, 5) is 3.62. The fourth-order valence-corrected chi connectivity index (χ4v) is 1.25. The van der Waals surface area contributed by atoms with E-state index in [-0.39, 0.29) is 34.6 Å². The van der Waals surface area contributed by atoms with Crippen molar-refractivity contribution in [1.82, 2.24) is 4.98 Å². The van der Waals surface area contributed by atoms with Gasteiger partial charge in [-0.2, -0.15) is 0 Å². The number of phenolic OH excluding ortho intramolecular Hbond substituents is 3. The first-order valence-corrected chi connectivity index (χ1v) is 4.04. The molecule has 6 heteroatoms. The summed E-state index contributed by atoms with van der Waals surface area (Å²) >= 11 is 0. The molecule has 5 N–H and O–H groups in total. The van der Waals surface area contributed by atoms with E-state index in [2.05, 4.69) is 4.98 Å². The first-order valence-electron chi connectivity index (χ1n) is 4.04. The summed E-state index contributed by atoms with van der Waals surface area (Å²) in [6.45, 7) is 0. The maximum absolute atomic E-state index is 9.49. The number of nitrogen functional groups attached to an aromatic ring is 1. The molecule has 0 amide bonds. The highest BCUT2D eigenvalue weighted by Gasteiger charge is 2.15. The van der Waals surface area contributed by atoms with Gasteiger partial charge >= 0.3 is 0 Å². The van der Waals surface area contributed by atoms with Crippen molar-refractivity contribution in [2.45, 2.75) is 0 Å². The SMILES string of the molecule is Nc1ncc(-c2c(O)cc(O)cc2O)o1. The summed E-state index contributed by atoms with van der Waals surface area (Å²) in [5.74, 6) is -0.754. The van der Waals surface area contributed by atoms with Gasteiger partial charge in [-0.3, -0.25) is 0 Å². The molecule has 0 radical (unpaired) electrons. The number of aromatic hydroxyl groups is 3. The molecule has 1 aromatic carbocycles. The molecular formula is C9H8N2O4. The average molecular weight is 208 g/mol. The van der Waals surface area contributed by atoms with E-state index in [1.54, 1.807) is 0 Å². The smallest absolute Gasteiger partial charge is 0.292 e. The van der Waals surface area contributed by atoms with Gasteiger partial charge in [0.1, 0.15) is 22.8 Å². The maximum Gasteiger partial charge on any atom is 0.292 e. The molecule has 1 heterocycles. The third-order valence-corrected chi connectivity index (χ3v) is 1.85. The van der Waals surface area contributed by atoms with Gasteiger partial charge in [-0.1, -0.05) is 0 Å². The van der Waals surface area contributed by atoms with Gasteiger partial charge in [-0.15, -0.1) is 0 Å². The Morgan fingerprint density at radius 3 is 2.20 bits per heavy atom. The standard InChI is InChI=1S/C9H8N2O4/c10-9-11-3-7(15-9)8-5(13)1-4(12)2-6(8)14/h1-3,12-14H,(H2,10,11). The fourth-order valence-electron chi connectivity index (χ4n) is 1.25. The first-order chi connectivity index (χ1) is 7.08. The third-order valence-electron chi connectivity index (χ3n) is 1.85. The Morgan fingerprint density at radius 1 is 1.13 bits per heavy atom. The number of benzene rings is 1. The molecule has 0 bridgehead atoms. The zero-order valence-corrected chi connectivity index (χ0v) is 7.51. The monoisotopic (exact) mass is 208 g/mol. The zero-order valence-electron chi connectivity index (χ0n) is 7.51. The fraction of sp³-hybridized carbons (Fsp3) is 0. The number of anilines is 1. The van der Waals surface area contributed by atoms with Gasteiger partial charge in [0.15, 0.2) is 5.76 Å². The molecule has 0 saturated carbocycles. The second-order valence-corrected chi connectivity index (χ2v) is 2.92. The van der Waals surface area contributed by atoms with Crippen LogP contribution in [-0.2, 0) is 0 Å². The molecule has 2 rings (SSSR count). The number of aromatic nitrogens is 1. The number of rotatable bonds is 1. The van der Waals surface area contributed by atoms with Gasteiger partial charge in [0.2, 0.25) is 0 Å². The van der Waals surface area contributed by atoms with Gasteiger partial charge in [-0.05, 0) is 0 Å². The topological polar surface area (TPSA) is 113 Å². The van der Waals surface area contributed by atoms with Crippen molar-refractivity contribution in [3.05, 3.63) is 18.3 Å². The Hall–Kier alpha value is -2.37. The van der Waals surface area contributed by atoms with Crippen LogP contribution in [0.25, 0.3) is 11.3 Å². The molecule has 0 aliphatic heterocycles. The van der Waals surface area contributed by atoms with Crippen LogP contribution in [0.1, 0.15) is 0 Å². The number of hydrogen-bond donors (Lipinski definition) is 4. The average Bonchev–Trinajstić information content (AvgIpc) is 2.49. The molecule has 0 atom stereocenters. The van der Waals surface area contributed by atoms with Crippen LogP contribution in [0.3, 0.4) is 0 Å². The van der Waals surface area contributed by atoms with Crippen molar-refractivity contribution < 1.29 is 19.7 Å². The van der Waals surface area contributed by atoms with Crippen LogP contribution < -0.4 is 5.73 Å². The summed E-state index contributed by atoms with van der Waals surface area (Å²) in [6, 6.07) is 2.08. The number of nitrogens with two attached hydrogens (primary N) is 1. The quantitative estimate of drug-likeness (QED) is 0.557. The Labute approximate surface area is 84.2 Å². The van der Waals surface area contributed by atoms with Crippen LogP contribution >= 0.6 is 0 Å². The highest BCUT2D eigenvalue weighted by atomic mass is 16.4. The van der Waals surface area contributed by atoms with Crippen LogP contribution in [0, 0.1) is 0 Å². The predicted molar refractivity (Wildman–Crippen MR) is 51.3 cm³/mol. The van der Waals surface area contributed by atoms with Gasteiger partial charge in [0.05, 0.1) is 6.20 Å². The molecule has 0 fully saturated rings. The Kier molecular flexibility index (Phi) is 1.89. The summed E-state index contributed by atoms with van der Waals surface area (Å²) in [6.07, 6.45) is 1.27. The van der Waals surface area contributed by atoms with Gasteiger partial charge in [0.25, 0.3) is 6.01 Å². The molecule has 78 valence electrons. The Balaban J connectivity index is 2.62. The summed E-state index contributed by atoms with van der Waals surface area (Å²) in [5.41, 5.74) is 5.29. The first kappa shape index (κ1) is 9.20. The molecule has 0 unspecified atom stereocenters. The molecule has 0 aliphatic carbocycles. The second kappa shape index (κ2) is 3.09. The molecule has 2 aromatic rings. The predicted octanol–water partition coefficient (Wildman–Crippen LogP) is 1.04. The van der Waals surface area contributed by atoms with E-state index in [0.29, 0.717) is 0 Å². The molecule has 0 aliphatic rings. The van der Waals surface area contributed by atoms with Crippen molar-refractivity contribution in [2.24, 2.45) is 0 Å². The molecule has 1 aromatic heterocycles. The van der Waals surface area contributed by atoms with E-state index in [9.17, 15) is 10.2 Å². The highest BCUT2D eigenvalue weighted by Crippen LogP contribution is 2.40. The van der Waals surface area contributed by atoms with Crippen molar-refractivity contribution in [3.63, 3.8) is 0 Å². The van der Waals surface area contributed by atoms with Crippen molar-refractivity contribution in [1.29, 1.82) is 0 Å². The minimum Gasteiger partial charge on any atom is -0.508 e. The van der Waals surface area contributed by atoms with Crippen molar-refractivity contribution in [3.8, 4) is 28.6 Å². The maximum atomic E-state index is 9.49. The van der Waals surface area contributed by atoms with E-state index >= 15 is 0 Å². The number of hydrogen-bond acceptors (Lipinski definition) is 6. The van der Waals surface area contributed by atoms with Crippen LogP contribution in [0.5, 0.6) is 17.2 Å².